The standard InChI is InChI=1S/C11H18N4O2S/c12-9-10-11(5-4-6-13-10)18(16,17)14-15-7-2-1-3-8-15/h4-6,14H,1-3,7-9,12H2. The first-order valence-electron chi connectivity index (χ1n) is 6.05. The number of piperidine rings is 1. The van der Waals surface area contributed by atoms with Gasteiger partial charge in [0.25, 0.3) is 10.0 Å². The molecule has 0 spiro atoms. The second-order valence-electron chi connectivity index (χ2n) is 4.29. The fourth-order valence-corrected chi connectivity index (χ4v) is 3.35. The van der Waals surface area contributed by atoms with Gasteiger partial charge in [-0.15, -0.1) is 4.83 Å². The molecule has 6 nitrogen and oxygen atoms in total. The zero-order chi connectivity index (χ0) is 13.0. The molecule has 2 rings (SSSR count). The Morgan fingerprint density at radius 3 is 2.72 bits per heavy atom. The number of pyridine rings is 1. The normalized spacial score (nSPS) is 17.8. The van der Waals surface area contributed by atoms with Gasteiger partial charge < -0.3 is 5.73 Å². The van der Waals surface area contributed by atoms with E-state index in [0.717, 1.165) is 32.4 Å². The first-order chi connectivity index (χ1) is 8.63. The van der Waals surface area contributed by atoms with Crippen molar-refractivity contribution < 1.29 is 8.42 Å². The average Bonchev–Trinajstić information content (AvgIpc) is 2.39. The van der Waals surface area contributed by atoms with Crippen LogP contribution in [0.1, 0.15) is 25.0 Å². The van der Waals surface area contributed by atoms with Gasteiger partial charge in [-0.05, 0) is 25.0 Å². The predicted octanol–water partition coefficient (Wildman–Crippen LogP) is 0.219. The minimum absolute atomic E-state index is 0.108. The number of hydrazine groups is 1. The van der Waals surface area contributed by atoms with Crippen molar-refractivity contribution in [1.29, 1.82) is 0 Å². The van der Waals surface area contributed by atoms with Gasteiger partial charge in [0.15, 0.2) is 0 Å². The van der Waals surface area contributed by atoms with Crippen molar-refractivity contribution >= 4 is 10.0 Å². The Morgan fingerprint density at radius 1 is 1.33 bits per heavy atom. The molecule has 3 N–H and O–H groups in total. The Labute approximate surface area is 107 Å². The molecule has 18 heavy (non-hydrogen) atoms. The summed E-state index contributed by atoms with van der Waals surface area (Å²) in [5.74, 6) is 0. The van der Waals surface area contributed by atoms with Crippen molar-refractivity contribution in [2.24, 2.45) is 5.73 Å². The van der Waals surface area contributed by atoms with Gasteiger partial charge in [0.1, 0.15) is 4.90 Å². The SMILES string of the molecule is NCc1ncccc1S(=O)(=O)NN1CCCCC1. The Morgan fingerprint density at radius 2 is 2.06 bits per heavy atom. The van der Waals surface area contributed by atoms with E-state index >= 15 is 0 Å². The molecule has 7 heteroatoms. The number of rotatable bonds is 4. The molecule has 2 heterocycles. The van der Waals surface area contributed by atoms with Gasteiger partial charge in [0.05, 0.1) is 5.69 Å². The Balaban J connectivity index is 2.19. The maximum Gasteiger partial charge on any atom is 0.255 e. The summed E-state index contributed by atoms with van der Waals surface area (Å²) in [7, 11) is -3.57. The van der Waals surface area contributed by atoms with Crippen LogP contribution in [0.15, 0.2) is 23.2 Å². The first-order valence-corrected chi connectivity index (χ1v) is 7.53. The Hall–Kier alpha value is -1.02. The number of hydrogen-bond donors (Lipinski definition) is 2. The van der Waals surface area contributed by atoms with Crippen LogP contribution in [0.2, 0.25) is 0 Å². The molecular weight excluding hydrogens is 252 g/mol. The average molecular weight is 270 g/mol. The molecule has 0 aromatic carbocycles. The summed E-state index contributed by atoms with van der Waals surface area (Å²) in [5.41, 5.74) is 5.90. The molecule has 0 bridgehead atoms. The Bertz CT molecular complexity index is 498. The lowest BCUT2D eigenvalue weighted by molar-refractivity contribution is 0.200. The highest BCUT2D eigenvalue weighted by Gasteiger charge is 2.22. The highest BCUT2D eigenvalue weighted by atomic mass is 32.2. The van der Waals surface area contributed by atoms with E-state index in [2.05, 4.69) is 9.82 Å². The Kier molecular flexibility index (Phi) is 4.28. The minimum Gasteiger partial charge on any atom is -0.325 e. The molecule has 0 atom stereocenters. The molecule has 0 unspecified atom stereocenters. The molecule has 0 radical (unpaired) electrons. The van der Waals surface area contributed by atoms with E-state index in [4.69, 9.17) is 5.73 Å². The number of hydrogen-bond acceptors (Lipinski definition) is 5. The quantitative estimate of drug-likeness (QED) is 0.817. The van der Waals surface area contributed by atoms with Gasteiger partial charge in [0.2, 0.25) is 0 Å². The number of aromatic nitrogens is 1. The summed E-state index contributed by atoms with van der Waals surface area (Å²) in [5, 5.41) is 1.74. The number of sulfonamides is 1. The van der Waals surface area contributed by atoms with E-state index in [1.54, 1.807) is 17.3 Å². The summed E-state index contributed by atoms with van der Waals surface area (Å²) >= 11 is 0. The molecule has 1 aliphatic rings. The van der Waals surface area contributed by atoms with E-state index in [1.807, 2.05) is 0 Å². The van der Waals surface area contributed by atoms with Crippen molar-refractivity contribution in [3.8, 4) is 0 Å². The molecule has 0 aliphatic carbocycles. The third kappa shape index (κ3) is 3.05. The highest BCUT2D eigenvalue weighted by molar-refractivity contribution is 7.89. The highest BCUT2D eigenvalue weighted by Crippen LogP contribution is 2.14. The van der Waals surface area contributed by atoms with Gasteiger partial charge in [-0.2, -0.15) is 0 Å². The largest absolute Gasteiger partial charge is 0.325 e. The van der Waals surface area contributed by atoms with Crippen LogP contribution in [0.25, 0.3) is 0 Å². The second kappa shape index (κ2) is 5.75. The van der Waals surface area contributed by atoms with Crippen LogP contribution in [0.5, 0.6) is 0 Å². The maximum absolute atomic E-state index is 12.2. The summed E-state index contributed by atoms with van der Waals surface area (Å²) in [6, 6.07) is 3.13. The summed E-state index contributed by atoms with van der Waals surface area (Å²) in [6.07, 6.45) is 4.72. The van der Waals surface area contributed by atoms with E-state index < -0.39 is 10.0 Å². The minimum atomic E-state index is -3.57. The van der Waals surface area contributed by atoms with Crippen molar-refractivity contribution in [2.45, 2.75) is 30.7 Å². The number of nitrogens with two attached hydrogens (primary N) is 1. The van der Waals surface area contributed by atoms with Crippen LogP contribution in [0, 0.1) is 0 Å². The van der Waals surface area contributed by atoms with Gasteiger partial charge in [-0.25, -0.2) is 13.4 Å². The van der Waals surface area contributed by atoms with Gasteiger partial charge in [-0.1, -0.05) is 6.42 Å². The lowest BCUT2D eigenvalue weighted by Gasteiger charge is -2.26. The molecule has 1 aliphatic heterocycles. The molecule has 1 aromatic rings. The van der Waals surface area contributed by atoms with Crippen LogP contribution in [-0.4, -0.2) is 31.5 Å². The monoisotopic (exact) mass is 270 g/mol. The summed E-state index contributed by atoms with van der Waals surface area (Å²) < 4.78 is 24.5. The van der Waals surface area contributed by atoms with Crippen molar-refractivity contribution in [3.63, 3.8) is 0 Å². The second-order valence-corrected chi connectivity index (χ2v) is 5.92. The third-order valence-electron chi connectivity index (χ3n) is 2.94. The first kappa shape index (κ1) is 13.4. The van der Waals surface area contributed by atoms with Gasteiger partial charge >= 0.3 is 0 Å². The smallest absolute Gasteiger partial charge is 0.255 e. The van der Waals surface area contributed by atoms with Crippen LogP contribution < -0.4 is 10.6 Å². The van der Waals surface area contributed by atoms with Crippen LogP contribution in [0.3, 0.4) is 0 Å². The van der Waals surface area contributed by atoms with E-state index in [1.165, 1.54) is 6.07 Å². The zero-order valence-electron chi connectivity index (χ0n) is 10.2. The molecule has 1 fully saturated rings. The fraction of sp³-hybridized carbons (Fsp3) is 0.545. The lowest BCUT2D eigenvalue weighted by Crippen LogP contribution is -2.45. The van der Waals surface area contributed by atoms with E-state index in [9.17, 15) is 8.42 Å². The van der Waals surface area contributed by atoms with Crippen molar-refractivity contribution in [1.82, 2.24) is 14.8 Å². The van der Waals surface area contributed by atoms with Crippen LogP contribution in [-0.2, 0) is 16.6 Å². The van der Waals surface area contributed by atoms with Crippen molar-refractivity contribution in [3.05, 3.63) is 24.0 Å². The molecule has 1 aromatic heterocycles. The van der Waals surface area contributed by atoms with Crippen molar-refractivity contribution in [2.75, 3.05) is 13.1 Å². The third-order valence-corrected chi connectivity index (χ3v) is 4.39. The zero-order valence-corrected chi connectivity index (χ0v) is 11.0. The molecule has 1 saturated heterocycles. The van der Waals surface area contributed by atoms with Crippen LogP contribution >= 0.6 is 0 Å². The number of nitrogens with zero attached hydrogens (tertiary/aromatic N) is 2. The van der Waals surface area contributed by atoms with E-state index in [0.29, 0.717) is 5.69 Å². The molecule has 0 amide bonds. The number of nitrogens with one attached hydrogen (secondary N) is 1. The predicted molar refractivity (Wildman–Crippen MR) is 67.9 cm³/mol. The fourth-order valence-electron chi connectivity index (χ4n) is 2.03. The summed E-state index contributed by atoms with van der Waals surface area (Å²) in [4.78, 5) is 6.75. The van der Waals surface area contributed by atoms with Gasteiger partial charge in [0, 0.05) is 25.8 Å². The van der Waals surface area contributed by atoms with E-state index in [-0.39, 0.29) is 11.4 Å². The molecule has 0 saturated carbocycles. The van der Waals surface area contributed by atoms with Crippen LogP contribution in [0.4, 0.5) is 0 Å². The maximum atomic E-state index is 12.2. The molecular formula is C11H18N4O2S. The van der Waals surface area contributed by atoms with Gasteiger partial charge in [-0.3, -0.25) is 4.98 Å². The molecule has 100 valence electrons. The summed E-state index contributed by atoms with van der Waals surface area (Å²) in [6.45, 7) is 1.60. The lowest BCUT2D eigenvalue weighted by atomic mass is 10.2. The topological polar surface area (TPSA) is 88.3 Å².